The molecule has 1 aliphatic carbocycles. The smallest absolute Gasteiger partial charge is 0.242 e. The standard InChI is InChI=1S/C29H39FN4O5/c1-4-39-26-15-20(11-13-24(26)37-2)17-27(35)34-29(31)33-23(14-19-8-6-5-7-9-19)28(36)32-18-21-10-12-22(30)25(16-21)38-3/h10-13,15-16,19,23H,4-9,14,17-18H2,1-3H3,(H,32,36)(H3,31,33,34,35)/t23-/m1/s1. The van der Waals surface area contributed by atoms with Crippen molar-refractivity contribution in [2.45, 2.75) is 64.5 Å². The van der Waals surface area contributed by atoms with E-state index in [1.54, 1.807) is 31.4 Å². The van der Waals surface area contributed by atoms with Crippen LogP contribution in [0.3, 0.4) is 0 Å². The summed E-state index contributed by atoms with van der Waals surface area (Å²) in [4.78, 5) is 25.8. The van der Waals surface area contributed by atoms with Gasteiger partial charge in [0.2, 0.25) is 11.8 Å². The molecular weight excluding hydrogens is 503 g/mol. The van der Waals surface area contributed by atoms with Crippen LogP contribution in [0.4, 0.5) is 4.39 Å². The van der Waals surface area contributed by atoms with Gasteiger partial charge in [0.15, 0.2) is 29.0 Å². The highest BCUT2D eigenvalue weighted by atomic mass is 19.1. The van der Waals surface area contributed by atoms with Crippen LogP contribution in [-0.4, -0.2) is 44.6 Å². The Balaban J connectivity index is 1.61. The molecule has 10 heteroatoms. The van der Waals surface area contributed by atoms with Crippen LogP contribution in [0.25, 0.3) is 0 Å². The summed E-state index contributed by atoms with van der Waals surface area (Å²) in [6.07, 6.45) is 6.06. The van der Waals surface area contributed by atoms with Gasteiger partial charge < -0.3 is 24.8 Å². The maximum absolute atomic E-state index is 13.7. The molecule has 1 aliphatic rings. The van der Waals surface area contributed by atoms with Crippen molar-refractivity contribution >= 4 is 17.8 Å². The molecule has 1 saturated carbocycles. The van der Waals surface area contributed by atoms with E-state index < -0.39 is 17.8 Å². The predicted molar refractivity (Wildman–Crippen MR) is 147 cm³/mol. The number of carbonyl (C=O) groups excluding carboxylic acids is 2. The van der Waals surface area contributed by atoms with E-state index in [4.69, 9.17) is 19.6 Å². The number of benzene rings is 2. The van der Waals surface area contributed by atoms with Gasteiger partial charge in [-0.05, 0) is 54.7 Å². The summed E-state index contributed by atoms with van der Waals surface area (Å²) in [5.74, 6) is 0.179. The van der Waals surface area contributed by atoms with Crippen LogP contribution in [0.1, 0.15) is 56.6 Å². The molecule has 2 aromatic carbocycles. The Kier molecular flexibility index (Phi) is 11.4. The van der Waals surface area contributed by atoms with Crippen molar-refractivity contribution in [1.82, 2.24) is 16.0 Å². The molecular formula is C29H39FN4O5. The Hall–Kier alpha value is -3.82. The van der Waals surface area contributed by atoms with E-state index in [1.165, 1.54) is 25.7 Å². The van der Waals surface area contributed by atoms with Crippen LogP contribution in [0.2, 0.25) is 0 Å². The van der Waals surface area contributed by atoms with Crippen molar-refractivity contribution in [3.63, 3.8) is 0 Å². The molecule has 9 nitrogen and oxygen atoms in total. The molecule has 212 valence electrons. The van der Waals surface area contributed by atoms with Gasteiger partial charge in [0.25, 0.3) is 0 Å². The second-order valence-electron chi connectivity index (χ2n) is 9.64. The number of guanidine groups is 1. The zero-order valence-electron chi connectivity index (χ0n) is 22.9. The maximum atomic E-state index is 13.7. The first-order valence-electron chi connectivity index (χ1n) is 13.4. The molecule has 0 radical (unpaired) electrons. The molecule has 0 aliphatic heterocycles. The normalized spacial score (nSPS) is 14.2. The first kappa shape index (κ1) is 29.7. The summed E-state index contributed by atoms with van der Waals surface area (Å²) in [5, 5.41) is 16.7. The minimum atomic E-state index is -0.700. The lowest BCUT2D eigenvalue weighted by Crippen LogP contribution is -2.52. The monoisotopic (exact) mass is 542 g/mol. The molecule has 1 atom stereocenters. The average Bonchev–Trinajstić information content (AvgIpc) is 2.93. The molecule has 2 amide bonds. The number of ether oxygens (including phenoxy) is 3. The van der Waals surface area contributed by atoms with E-state index in [1.807, 2.05) is 6.92 Å². The second kappa shape index (κ2) is 14.9. The highest BCUT2D eigenvalue weighted by Crippen LogP contribution is 2.29. The van der Waals surface area contributed by atoms with Crippen LogP contribution in [-0.2, 0) is 22.6 Å². The van der Waals surface area contributed by atoms with Gasteiger partial charge in [0.1, 0.15) is 6.04 Å². The van der Waals surface area contributed by atoms with Crippen molar-refractivity contribution in [2.24, 2.45) is 5.92 Å². The fourth-order valence-corrected chi connectivity index (χ4v) is 4.79. The summed E-state index contributed by atoms with van der Waals surface area (Å²) in [5.41, 5.74) is 1.39. The molecule has 4 N–H and O–H groups in total. The van der Waals surface area contributed by atoms with Crippen LogP contribution in [0.15, 0.2) is 36.4 Å². The molecule has 0 bridgehead atoms. The third-order valence-electron chi connectivity index (χ3n) is 6.77. The molecule has 2 aromatic rings. The van der Waals surface area contributed by atoms with Gasteiger partial charge in [-0.15, -0.1) is 0 Å². The zero-order chi connectivity index (χ0) is 28.2. The summed E-state index contributed by atoms with van der Waals surface area (Å²) in [6.45, 7) is 2.50. The number of carbonyl (C=O) groups is 2. The molecule has 0 unspecified atom stereocenters. The van der Waals surface area contributed by atoms with Crippen molar-refractivity contribution < 1.29 is 28.2 Å². The fourth-order valence-electron chi connectivity index (χ4n) is 4.79. The second-order valence-corrected chi connectivity index (χ2v) is 9.64. The van der Waals surface area contributed by atoms with Gasteiger partial charge in [0, 0.05) is 6.54 Å². The van der Waals surface area contributed by atoms with Crippen LogP contribution >= 0.6 is 0 Å². The lowest BCUT2D eigenvalue weighted by Gasteiger charge is -2.27. The number of nitrogens with one attached hydrogen (secondary N) is 4. The zero-order valence-corrected chi connectivity index (χ0v) is 22.9. The highest BCUT2D eigenvalue weighted by Gasteiger charge is 2.25. The largest absolute Gasteiger partial charge is 0.494 e. The van der Waals surface area contributed by atoms with Crippen LogP contribution in [0.5, 0.6) is 17.2 Å². The van der Waals surface area contributed by atoms with E-state index in [2.05, 4.69) is 16.0 Å². The summed E-state index contributed by atoms with van der Waals surface area (Å²) >= 11 is 0. The van der Waals surface area contributed by atoms with Gasteiger partial charge >= 0.3 is 0 Å². The molecule has 39 heavy (non-hydrogen) atoms. The van der Waals surface area contributed by atoms with Crippen molar-refractivity contribution in [3.05, 3.63) is 53.3 Å². The van der Waals surface area contributed by atoms with E-state index in [9.17, 15) is 14.0 Å². The number of methoxy groups -OCH3 is 2. The molecule has 0 heterocycles. The average molecular weight is 543 g/mol. The van der Waals surface area contributed by atoms with Gasteiger partial charge in [-0.1, -0.05) is 44.2 Å². The van der Waals surface area contributed by atoms with Gasteiger partial charge in [0.05, 0.1) is 27.2 Å². The van der Waals surface area contributed by atoms with Crippen LogP contribution < -0.4 is 30.2 Å². The van der Waals surface area contributed by atoms with Crippen LogP contribution in [0, 0.1) is 17.1 Å². The number of hydrogen-bond acceptors (Lipinski definition) is 6. The first-order chi connectivity index (χ1) is 18.8. The van der Waals surface area contributed by atoms with Gasteiger partial charge in [-0.2, -0.15) is 0 Å². The third kappa shape index (κ3) is 9.15. The van der Waals surface area contributed by atoms with Crippen molar-refractivity contribution in [1.29, 1.82) is 5.41 Å². The topological polar surface area (TPSA) is 122 Å². The minimum absolute atomic E-state index is 0.0278. The third-order valence-corrected chi connectivity index (χ3v) is 6.77. The molecule has 0 spiro atoms. The molecule has 3 rings (SSSR count). The Morgan fingerprint density at radius 2 is 1.69 bits per heavy atom. The van der Waals surface area contributed by atoms with E-state index in [-0.39, 0.29) is 30.6 Å². The van der Waals surface area contributed by atoms with E-state index >= 15 is 0 Å². The van der Waals surface area contributed by atoms with Crippen molar-refractivity contribution in [2.75, 3.05) is 20.8 Å². The Labute approximate surface area is 229 Å². The Morgan fingerprint density at radius 1 is 1.00 bits per heavy atom. The molecule has 0 aromatic heterocycles. The number of halogens is 1. The maximum Gasteiger partial charge on any atom is 0.242 e. The summed E-state index contributed by atoms with van der Waals surface area (Å²) in [6, 6.07) is 8.96. The van der Waals surface area contributed by atoms with E-state index in [0.717, 1.165) is 25.7 Å². The van der Waals surface area contributed by atoms with Crippen molar-refractivity contribution in [3.8, 4) is 17.2 Å². The quantitative estimate of drug-likeness (QED) is 0.237. The lowest BCUT2D eigenvalue weighted by atomic mass is 9.84. The first-order valence-corrected chi connectivity index (χ1v) is 13.4. The summed E-state index contributed by atoms with van der Waals surface area (Å²) in [7, 11) is 2.94. The highest BCUT2D eigenvalue weighted by molar-refractivity contribution is 5.98. The minimum Gasteiger partial charge on any atom is -0.494 e. The predicted octanol–water partition coefficient (Wildman–Crippen LogP) is 4.08. The van der Waals surface area contributed by atoms with E-state index in [0.29, 0.717) is 41.6 Å². The Bertz CT molecular complexity index is 1140. The summed E-state index contributed by atoms with van der Waals surface area (Å²) < 4.78 is 29.6. The Morgan fingerprint density at radius 3 is 2.38 bits per heavy atom. The molecule has 1 fully saturated rings. The number of hydrogen-bond donors (Lipinski definition) is 4. The number of amides is 2. The lowest BCUT2D eigenvalue weighted by molar-refractivity contribution is -0.123. The van der Waals surface area contributed by atoms with Gasteiger partial charge in [-0.25, -0.2) is 4.39 Å². The SMILES string of the molecule is CCOc1cc(CC(=O)NC(=N)N[C@H](CC2CCCCC2)C(=O)NCc2ccc(F)c(OC)c2)ccc1OC. The van der Waals surface area contributed by atoms with Gasteiger partial charge in [-0.3, -0.25) is 20.3 Å². The number of rotatable bonds is 12. The fraction of sp³-hybridized carbons (Fsp3) is 0.483. The molecule has 0 saturated heterocycles.